The van der Waals surface area contributed by atoms with Gasteiger partial charge in [0, 0.05) is 23.5 Å². The number of anilines is 3. The van der Waals surface area contributed by atoms with Crippen LogP contribution in [0.3, 0.4) is 0 Å². The smallest absolute Gasteiger partial charge is 0.229 e. The SMILES string of the molecule is Cc1ccc(Nc2nc(C)cc(NC3CCS(=O)(=O)C3)n2)cc1. The maximum absolute atomic E-state index is 11.5. The Balaban J connectivity index is 1.75. The lowest BCUT2D eigenvalue weighted by Gasteiger charge is -2.13. The number of hydrogen-bond donors (Lipinski definition) is 2. The van der Waals surface area contributed by atoms with Crippen molar-refractivity contribution in [3.63, 3.8) is 0 Å². The zero-order valence-electron chi connectivity index (χ0n) is 13.2. The molecule has 0 spiro atoms. The molecule has 6 nitrogen and oxygen atoms in total. The number of sulfone groups is 1. The van der Waals surface area contributed by atoms with Crippen LogP contribution in [0.1, 0.15) is 17.7 Å². The van der Waals surface area contributed by atoms with Gasteiger partial charge in [0.25, 0.3) is 0 Å². The van der Waals surface area contributed by atoms with Crippen molar-refractivity contribution in [3.8, 4) is 0 Å². The van der Waals surface area contributed by atoms with E-state index in [1.165, 1.54) is 5.56 Å². The predicted molar refractivity (Wildman–Crippen MR) is 91.9 cm³/mol. The topological polar surface area (TPSA) is 84.0 Å². The van der Waals surface area contributed by atoms with Crippen LogP contribution in [0.5, 0.6) is 0 Å². The first-order chi connectivity index (χ1) is 10.9. The Kier molecular flexibility index (Phi) is 4.21. The van der Waals surface area contributed by atoms with E-state index in [2.05, 4.69) is 20.6 Å². The van der Waals surface area contributed by atoms with E-state index in [0.717, 1.165) is 11.4 Å². The van der Waals surface area contributed by atoms with Gasteiger partial charge in [-0.3, -0.25) is 0 Å². The van der Waals surface area contributed by atoms with E-state index in [-0.39, 0.29) is 17.5 Å². The van der Waals surface area contributed by atoms with Crippen LogP contribution in [-0.2, 0) is 9.84 Å². The molecule has 2 N–H and O–H groups in total. The summed E-state index contributed by atoms with van der Waals surface area (Å²) >= 11 is 0. The highest BCUT2D eigenvalue weighted by molar-refractivity contribution is 7.91. The molecule has 1 aromatic heterocycles. The summed E-state index contributed by atoms with van der Waals surface area (Å²) in [6, 6.07) is 9.71. The van der Waals surface area contributed by atoms with Crippen molar-refractivity contribution < 1.29 is 8.42 Å². The van der Waals surface area contributed by atoms with Gasteiger partial charge in [-0.2, -0.15) is 4.98 Å². The Bertz CT molecular complexity index is 803. The molecule has 0 radical (unpaired) electrons. The van der Waals surface area contributed by atoms with Gasteiger partial charge in [0.15, 0.2) is 9.84 Å². The van der Waals surface area contributed by atoms with Crippen LogP contribution in [-0.4, -0.2) is 35.9 Å². The van der Waals surface area contributed by atoms with Crippen LogP contribution < -0.4 is 10.6 Å². The second-order valence-electron chi connectivity index (χ2n) is 5.95. The molecule has 0 amide bonds. The molecule has 1 fully saturated rings. The van der Waals surface area contributed by atoms with E-state index in [0.29, 0.717) is 18.2 Å². The first-order valence-corrected chi connectivity index (χ1v) is 9.38. The molecule has 0 bridgehead atoms. The molecule has 2 aromatic rings. The molecule has 1 aliphatic heterocycles. The number of nitrogens with zero attached hydrogens (tertiary/aromatic N) is 2. The number of benzene rings is 1. The largest absolute Gasteiger partial charge is 0.366 e. The van der Waals surface area contributed by atoms with Crippen LogP contribution in [0.15, 0.2) is 30.3 Å². The summed E-state index contributed by atoms with van der Waals surface area (Å²) in [6.07, 6.45) is 0.617. The van der Waals surface area contributed by atoms with Crippen molar-refractivity contribution in [3.05, 3.63) is 41.6 Å². The van der Waals surface area contributed by atoms with Crippen LogP contribution in [0.4, 0.5) is 17.5 Å². The third kappa shape index (κ3) is 4.19. The number of hydrogen-bond acceptors (Lipinski definition) is 6. The normalized spacial score (nSPS) is 19.5. The van der Waals surface area contributed by atoms with Crippen molar-refractivity contribution in [1.82, 2.24) is 9.97 Å². The zero-order chi connectivity index (χ0) is 16.4. The van der Waals surface area contributed by atoms with Crippen LogP contribution >= 0.6 is 0 Å². The number of aromatic nitrogens is 2. The summed E-state index contributed by atoms with van der Waals surface area (Å²) < 4.78 is 23.1. The number of aryl methyl sites for hydroxylation is 2. The molecular weight excluding hydrogens is 312 g/mol. The van der Waals surface area contributed by atoms with Gasteiger partial charge >= 0.3 is 0 Å². The number of nitrogens with one attached hydrogen (secondary N) is 2. The highest BCUT2D eigenvalue weighted by Gasteiger charge is 2.28. The lowest BCUT2D eigenvalue weighted by Crippen LogP contribution is -2.21. The molecule has 7 heteroatoms. The molecule has 1 atom stereocenters. The Morgan fingerprint density at radius 3 is 2.52 bits per heavy atom. The van der Waals surface area contributed by atoms with Gasteiger partial charge < -0.3 is 10.6 Å². The van der Waals surface area contributed by atoms with E-state index >= 15 is 0 Å². The van der Waals surface area contributed by atoms with Gasteiger partial charge in [-0.25, -0.2) is 13.4 Å². The molecule has 3 rings (SSSR count). The quantitative estimate of drug-likeness (QED) is 0.894. The fourth-order valence-corrected chi connectivity index (χ4v) is 4.26. The van der Waals surface area contributed by atoms with E-state index in [1.807, 2.05) is 44.2 Å². The Hall–Kier alpha value is -2.15. The monoisotopic (exact) mass is 332 g/mol. The Morgan fingerprint density at radius 1 is 1.13 bits per heavy atom. The molecule has 1 unspecified atom stereocenters. The fourth-order valence-electron chi connectivity index (χ4n) is 2.58. The summed E-state index contributed by atoms with van der Waals surface area (Å²) in [4.78, 5) is 8.81. The highest BCUT2D eigenvalue weighted by Crippen LogP contribution is 2.19. The maximum Gasteiger partial charge on any atom is 0.229 e. The Morgan fingerprint density at radius 2 is 1.87 bits per heavy atom. The molecule has 23 heavy (non-hydrogen) atoms. The minimum Gasteiger partial charge on any atom is -0.366 e. The third-order valence-electron chi connectivity index (χ3n) is 3.75. The molecule has 1 saturated heterocycles. The van der Waals surface area contributed by atoms with Crippen molar-refractivity contribution in [1.29, 1.82) is 0 Å². The second kappa shape index (κ2) is 6.16. The van der Waals surface area contributed by atoms with Gasteiger partial charge in [-0.05, 0) is 32.4 Å². The molecule has 0 saturated carbocycles. The predicted octanol–water partition coefficient (Wildman–Crippen LogP) is 2.44. The van der Waals surface area contributed by atoms with E-state index in [1.54, 1.807) is 0 Å². The third-order valence-corrected chi connectivity index (χ3v) is 5.51. The van der Waals surface area contributed by atoms with Gasteiger partial charge in [0.2, 0.25) is 5.95 Å². The van der Waals surface area contributed by atoms with Crippen LogP contribution in [0.2, 0.25) is 0 Å². The van der Waals surface area contributed by atoms with Crippen molar-refractivity contribution in [2.75, 3.05) is 22.1 Å². The number of rotatable bonds is 4. The summed E-state index contributed by atoms with van der Waals surface area (Å²) in [6.45, 7) is 3.92. The van der Waals surface area contributed by atoms with Gasteiger partial charge in [-0.15, -0.1) is 0 Å². The molecule has 0 aliphatic carbocycles. The molecule has 1 aliphatic rings. The van der Waals surface area contributed by atoms with E-state index in [9.17, 15) is 8.42 Å². The summed E-state index contributed by atoms with van der Waals surface area (Å²) in [5.74, 6) is 1.55. The Labute approximate surface area is 136 Å². The first-order valence-electron chi connectivity index (χ1n) is 7.56. The molecule has 122 valence electrons. The van der Waals surface area contributed by atoms with Crippen molar-refractivity contribution in [2.45, 2.75) is 26.3 Å². The standard InChI is InChI=1S/C16H20N4O2S/c1-11-3-5-13(6-4-11)19-16-17-12(2)9-15(20-16)18-14-7-8-23(21,22)10-14/h3-6,9,14H,7-8,10H2,1-2H3,(H2,17,18,19,20). The lowest BCUT2D eigenvalue weighted by atomic mass is 10.2. The maximum atomic E-state index is 11.5. The lowest BCUT2D eigenvalue weighted by molar-refractivity contribution is 0.602. The first kappa shape index (κ1) is 15.7. The summed E-state index contributed by atoms with van der Waals surface area (Å²) in [5.41, 5.74) is 2.92. The van der Waals surface area contributed by atoms with Crippen molar-refractivity contribution in [2.24, 2.45) is 0 Å². The molecule has 1 aromatic carbocycles. The summed E-state index contributed by atoms with van der Waals surface area (Å²) in [7, 11) is -2.91. The van der Waals surface area contributed by atoms with Gasteiger partial charge in [0.1, 0.15) is 5.82 Å². The van der Waals surface area contributed by atoms with E-state index in [4.69, 9.17) is 0 Å². The van der Waals surface area contributed by atoms with Crippen LogP contribution in [0, 0.1) is 13.8 Å². The van der Waals surface area contributed by atoms with Crippen molar-refractivity contribution >= 4 is 27.3 Å². The fraction of sp³-hybridized carbons (Fsp3) is 0.375. The molecule has 2 heterocycles. The molecular formula is C16H20N4O2S. The van der Waals surface area contributed by atoms with Gasteiger partial charge in [0.05, 0.1) is 11.5 Å². The second-order valence-corrected chi connectivity index (χ2v) is 8.18. The zero-order valence-corrected chi connectivity index (χ0v) is 14.0. The minimum absolute atomic E-state index is 0.0819. The average Bonchev–Trinajstić information content (AvgIpc) is 2.80. The minimum atomic E-state index is -2.91. The average molecular weight is 332 g/mol. The van der Waals surface area contributed by atoms with Gasteiger partial charge in [-0.1, -0.05) is 17.7 Å². The highest BCUT2D eigenvalue weighted by atomic mass is 32.2. The van der Waals surface area contributed by atoms with E-state index < -0.39 is 9.84 Å². The summed E-state index contributed by atoms with van der Waals surface area (Å²) in [5, 5.41) is 6.38. The van der Waals surface area contributed by atoms with Crippen LogP contribution in [0.25, 0.3) is 0 Å².